The summed E-state index contributed by atoms with van der Waals surface area (Å²) < 4.78 is 0. The van der Waals surface area contributed by atoms with Crippen LogP contribution >= 0.6 is 0 Å². The summed E-state index contributed by atoms with van der Waals surface area (Å²) in [5, 5.41) is 10.2. The molecule has 1 aromatic carbocycles. The molecule has 2 aromatic rings. The number of fused-ring (bicyclic) bond motifs is 1. The van der Waals surface area contributed by atoms with Crippen molar-refractivity contribution in [2.24, 2.45) is 11.1 Å². The first kappa shape index (κ1) is 14.3. The third-order valence-corrected chi connectivity index (χ3v) is 3.43. The normalized spacial score (nSPS) is 11.3. The van der Waals surface area contributed by atoms with Crippen LogP contribution in [0.1, 0.15) is 19.4 Å². The van der Waals surface area contributed by atoms with Crippen molar-refractivity contribution in [3.8, 4) is 6.07 Å². The van der Waals surface area contributed by atoms with Gasteiger partial charge in [0.05, 0.1) is 17.1 Å². The van der Waals surface area contributed by atoms with Crippen molar-refractivity contribution in [2.75, 3.05) is 25.0 Å². The van der Waals surface area contributed by atoms with E-state index in [-0.39, 0.29) is 5.41 Å². The number of para-hydroxylation sites is 1. The lowest BCUT2D eigenvalue weighted by molar-refractivity contribution is 0.384. The monoisotopic (exact) mass is 268 g/mol. The highest BCUT2D eigenvalue weighted by Crippen LogP contribution is 2.24. The van der Waals surface area contributed by atoms with Crippen LogP contribution in [-0.4, -0.2) is 25.1 Å². The number of hydrogen-bond donors (Lipinski definition) is 1. The molecule has 0 saturated carbocycles. The summed E-state index contributed by atoms with van der Waals surface area (Å²) in [6, 6.07) is 11.8. The second-order valence-corrected chi connectivity index (χ2v) is 5.88. The van der Waals surface area contributed by atoms with Gasteiger partial charge >= 0.3 is 0 Å². The lowest BCUT2D eigenvalue weighted by Crippen LogP contribution is -2.37. The molecule has 0 unspecified atom stereocenters. The molecule has 2 rings (SSSR count). The molecule has 0 aliphatic heterocycles. The predicted molar refractivity (Wildman–Crippen MR) is 82.6 cm³/mol. The average Bonchev–Trinajstić information content (AvgIpc) is 2.45. The average molecular weight is 268 g/mol. The van der Waals surface area contributed by atoms with E-state index >= 15 is 0 Å². The van der Waals surface area contributed by atoms with Gasteiger partial charge in [-0.1, -0.05) is 32.0 Å². The Morgan fingerprint density at radius 1 is 1.35 bits per heavy atom. The SMILES string of the molecule is CN(CC(C)(C)CN)c1cc(C#N)c2ccccc2n1. The van der Waals surface area contributed by atoms with Crippen LogP contribution in [0.15, 0.2) is 30.3 Å². The van der Waals surface area contributed by atoms with Crippen LogP contribution in [0.5, 0.6) is 0 Å². The Morgan fingerprint density at radius 3 is 2.70 bits per heavy atom. The van der Waals surface area contributed by atoms with Crippen molar-refractivity contribution in [1.29, 1.82) is 5.26 Å². The maximum atomic E-state index is 9.30. The first-order chi connectivity index (χ1) is 9.46. The van der Waals surface area contributed by atoms with Gasteiger partial charge in [0.25, 0.3) is 0 Å². The molecular formula is C16H20N4. The van der Waals surface area contributed by atoms with E-state index in [1.165, 1.54) is 0 Å². The lowest BCUT2D eigenvalue weighted by atomic mass is 9.93. The van der Waals surface area contributed by atoms with E-state index in [1.807, 2.05) is 37.4 Å². The zero-order valence-electron chi connectivity index (χ0n) is 12.2. The van der Waals surface area contributed by atoms with Crippen molar-refractivity contribution < 1.29 is 0 Å². The molecule has 0 aliphatic rings. The van der Waals surface area contributed by atoms with E-state index in [0.717, 1.165) is 23.3 Å². The fraction of sp³-hybridized carbons (Fsp3) is 0.375. The van der Waals surface area contributed by atoms with Crippen LogP contribution in [0.2, 0.25) is 0 Å². The topological polar surface area (TPSA) is 65.9 Å². The third-order valence-electron chi connectivity index (χ3n) is 3.43. The summed E-state index contributed by atoms with van der Waals surface area (Å²) in [7, 11) is 1.98. The van der Waals surface area contributed by atoms with Crippen molar-refractivity contribution in [1.82, 2.24) is 4.98 Å². The van der Waals surface area contributed by atoms with Gasteiger partial charge in [-0.05, 0) is 24.1 Å². The molecule has 104 valence electrons. The largest absolute Gasteiger partial charge is 0.359 e. The van der Waals surface area contributed by atoms with Gasteiger partial charge in [0.15, 0.2) is 0 Å². The Labute approximate surface area is 119 Å². The second kappa shape index (κ2) is 5.48. The van der Waals surface area contributed by atoms with E-state index < -0.39 is 0 Å². The maximum absolute atomic E-state index is 9.30. The van der Waals surface area contributed by atoms with Crippen LogP contribution in [0.3, 0.4) is 0 Å². The van der Waals surface area contributed by atoms with Crippen molar-refractivity contribution in [3.05, 3.63) is 35.9 Å². The number of aromatic nitrogens is 1. The molecule has 0 amide bonds. The highest BCUT2D eigenvalue weighted by atomic mass is 15.2. The number of nitrogens with two attached hydrogens (primary N) is 1. The standard InChI is InChI=1S/C16H20N4/c1-16(2,10-18)11-20(3)15-8-12(9-17)13-6-4-5-7-14(13)19-15/h4-8H,10-11,18H2,1-3H3. The van der Waals surface area contributed by atoms with E-state index in [2.05, 4.69) is 29.8 Å². The first-order valence-corrected chi connectivity index (χ1v) is 6.68. The zero-order chi connectivity index (χ0) is 14.8. The number of pyridine rings is 1. The van der Waals surface area contributed by atoms with E-state index in [0.29, 0.717) is 12.1 Å². The summed E-state index contributed by atoms with van der Waals surface area (Å²) in [5.74, 6) is 0.807. The zero-order valence-corrected chi connectivity index (χ0v) is 12.2. The minimum atomic E-state index is 0.00881. The molecule has 1 aromatic heterocycles. The maximum Gasteiger partial charge on any atom is 0.130 e. The number of rotatable bonds is 4. The van der Waals surface area contributed by atoms with Gasteiger partial charge in [-0.2, -0.15) is 5.26 Å². The van der Waals surface area contributed by atoms with Gasteiger partial charge in [-0.15, -0.1) is 0 Å². The van der Waals surface area contributed by atoms with Gasteiger partial charge in [0.1, 0.15) is 5.82 Å². The highest BCUT2D eigenvalue weighted by molar-refractivity contribution is 5.86. The molecule has 0 aliphatic carbocycles. The molecule has 0 radical (unpaired) electrons. The van der Waals surface area contributed by atoms with Crippen molar-refractivity contribution in [2.45, 2.75) is 13.8 Å². The fourth-order valence-corrected chi connectivity index (χ4v) is 2.24. The van der Waals surface area contributed by atoms with Gasteiger partial charge < -0.3 is 10.6 Å². The number of benzene rings is 1. The van der Waals surface area contributed by atoms with Gasteiger partial charge in [0, 0.05) is 19.0 Å². The number of hydrogen-bond acceptors (Lipinski definition) is 4. The number of nitriles is 1. The molecule has 1 heterocycles. The van der Waals surface area contributed by atoms with Crippen LogP contribution in [0.25, 0.3) is 10.9 Å². The summed E-state index contributed by atoms with van der Waals surface area (Å²) in [6.45, 7) is 5.64. The summed E-state index contributed by atoms with van der Waals surface area (Å²) in [4.78, 5) is 6.69. The first-order valence-electron chi connectivity index (χ1n) is 6.68. The fourth-order valence-electron chi connectivity index (χ4n) is 2.24. The lowest BCUT2D eigenvalue weighted by Gasteiger charge is -2.30. The minimum Gasteiger partial charge on any atom is -0.359 e. The van der Waals surface area contributed by atoms with Gasteiger partial charge in [-0.3, -0.25) is 0 Å². The molecule has 4 nitrogen and oxygen atoms in total. The van der Waals surface area contributed by atoms with Gasteiger partial charge in [0.2, 0.25) is 0 Å². The van der Waals surface area contributed by atoms with Gasteiger partial charge in [-0.25, -0.2) is 4.98 Å². The molecule has 0 fully saturated rings. The van der Waals surface area contributed by atoms with Crippen LogP contribution in [0, 0.1) is 16.7 Å². The Bertz CT molecular complexity index is 655. The third kappa shape index (κ3) is 2.89. The summed E-state index contributed by atoms with van der Waals surface area (Å²) in [6.07, 6.45) is 0. The minimum absolute atomic E-state index is 0.00881. The van der Waals surface area contributed by atoms with Crippen molar-refractivity contribution >= 4 is 16.7 Å². The Balaban J connectivity index is 2.43. The molecule has 4 heteroatoms. The Hall–Kier alpha value is -2.12. The number of anilines is 1. The van der Waals surface area contributed by atoms with Crippen LogP contribution in [0.4, 0.5) is 5.82 Å². The predicted octanol–water partition coefficient (Wildman–Crippen LogP) is 2.53. The molecule has 0 saturated heterocycles. The molecule has 0 bridgehead atoms. The second-order valence-electron chi connectivity index (χ2n) is 5.88. The molecule has 0 spiro atoms. The summed E-state index contributed by atoms with van der Waals surface area (Å²) in [5.41, 5.74) is 7.29. The molecule has 20 heavy (non-hydrogen) atoms. The van der Waals surface area contributed by atoms with Crippen molar-refractivity contribution in [3.63, 3.8) is 0 Å². The van der Waals surface area contributed by atoms with E-state index in [9.17, 15) is 5.26 Å². The smallest absolute Gasteiger partial charge is 0.130 e. The number of nitrogens with zero attached hydrogens (tertiary/aromatic N) is 3. The highest BCUT2D eigenvalue weighted by Gasteiger charge is 2.19. The summed E-state index contributed by atoms with van der Waals surface area (Å²) >= 11 is 0. The van der Waals surface area contributed by atoms with E-state index in [1.54, 1.807) is 0 Å². The van der Waals surface area contributed by atoms with E-state index in [4.69, 9.17) is 5.73 Å². The molecule has 0 atom stereocenters. The Morgan fingerprint density at radius 2 is 2.05 bits per heavy atom. The van der Waals surface area contributed by atoms with Crippen LogP contribution in [-0.2, 0) is 0 Å². The quantitative estimate of drug-likeness (QED) is 0.925. The van der Waals surface area contributed by atoms with Crippen LogP contribution < -0.4 is 10.6 Å². The Kier molecular flexibility index (Phi) is 3.91. The molecule has 2 N–H and O–H groups in total. The molecular weight excluding hydrogens is 248 g/mol.